The van der Waals surface area contributed by atoms with Crippen LogP contribution in [0.2, 0.25) is 0 Å². The molecule has 0 saturated carbocycles. The Morgan fingerprint density at radius 3 is 1.12 bits per heavy atom. The molecule has 0 radical (unpaired) electrons. The van der Waals surface area contributed by atoms with Crippen molar-refractivity contribution < 1.29 is 56.7 Å². The molecule has 0 saturated heterocycles. The standard InChI is InChI=1S/C2H2O4.Sn.Tm/c3-1(4)2(5)6;;/h(H,3,4)(H,5,6);;/q;+4;+3/p-2. The predicted molar refractivity (Wildman–Crippen MR) is 15.8 cm³/mol. The van der Waals surface area contributed by atoms with Crippen molar-refractivity contribution in [3.8, 4) is 0 Å². The zero-order valence-corrected chi connectivity index (χ0v) is 8.04. The Morgan fingerprint density at radius 2 is 1.12 bits per heavy atom. The maximum atomic E-state index is 8.93. The van der Waals surface area contributed by atoms with Gasteiger partial charge in [-0.05, 0) is 0 Å². The fourth-order valence-corrected chi connectivity index (χ4v) is 0. The average molecular weight is 376 g/mol. The number of carbonyl (C=O) groups excluding carboxylic acids is 2. The summed E-state index contributed by atoms with van der Waals surface area (Å²) in [5, 5.41) is 17.9. The van der Waals surface area contributed by atoms with Crippen molar-refractivity contribution in [3.05, 3.63) is 0 Å². The number of carboxylic acid groups (broad SMARTS) is 2. The Bertz CT molecular complexity index is 80.0. The van der Waals surface area contributed by atoms with Crippen molar-refractivity contribution in [3.63, 3.8) is 0 Å². The smallest absolute Gasteiger partial charge is 0.543 e. The molecule has 0 N–H and O–H groups in total. The molecule has 0 aromatic carbocycles. The van der Waals surface area contributed by atoms with Crippen LogP contribution in [-0.4, -0.2) is 35.8 Å². The molecule has 0 aromatic rings. The molecular weight excluding hydrogens is 376 g/mol. The predicted octanol–water partition coefficient (Wildman–Crippen LogP) is -3.89. The van der Waals surface area contributed by atoms with Gasteiger partial charge in [0.25, 0.3) is 0 Å². The van der Waals surface area contributed by atoms with Gasteiger partial charge in [-0.25, -0.2) is 0 Å². The molecule has 0 aliphatic rings. The molecule has 4 nitrogen and oxygen atoms in total. The summed E-state index contributed by atoms with van der Waals surface area (Å²) in [4.78, 5) is 17.9. The van der Waals surface area contributed by atoms with Crippen LogP contribution in [0.3, 0.4) is 0 Å². The van der Waals surface area contributed by atoms with Gasteiger partial charge in [0, 0.05) is 0 Å². The molecule has 8 heavy (non-hydrogen) atoms. The van der Waals surface area contributed by atoms with E-state index in [4.69, 9.17) is 19.8 Å². The first-order chi connectivity index (χ1) is 2.64. The molecule has 0 spiro atoms. The summed E-state index contributed by atoms with van der Waals surface area (Å²) in [5.74, 6) is -4.37. The van der Waals surface area contributed by atoms with E-state index in [1.165, 1.54) is 0 Å². The van der Waals surface area contributed by atoms with E-state index in [2.05, 4.69) is 0 Å². The first kappa shape index (κ1) is 16.0. The zero-order valence-electron chi connectivity index (χ0n) is 3.41. The van der Waals surface area contributed by atoms with E-state index in [1.54, 1.807) is 0 Å². The third-order valence-corrected chi connectivity index (χ3v) is 0.167. The minimum Gasteiger partial charge on any atom is -0.543 e. The summed E-state index contributed by atoms with van der Waals surface area (Å²) in [6, 6.07) is 0. The van der Waals surface area contributed by atoms with Gasteiger partial charge >= 0.3 is 60.8 Å². The van der Waals surface area contributed by atoms with Crippen LogP contribution in [0.25, 0.3) is 0 Å². The number of carboxylic acids is 2. The molecule has 0 fully saturated rings. The van der Waals surface area contributed by atoms with Gasteiger partial charge in [-0.1, -0.05) is 0 Å². The van der Waals surface area contributed by atoms with Gasteiger partial charge in [0.15, 0.2) is 0 Å². The summed E-state index contributed by atoms with van der Waals surface area (Å²) in [6.07, 6.45) is 0. The fraction of sp³-hybridized carbons (Fsp3) is 0. The number of rotatable bonds is 0. The van der Waals surface area contributed by atoms with Gasteiger partial charge in [0.2, 0.25) is 0 Å². The van der Waals surface area contributed by atoms with E-state index in [9.17, 15) is 0 Å². The second-order valence-electron chi connectivity index (χ2n) is 0.575. The maximum Gasteiger partial charge on any atom is 4.00 e. The van der Waals surface area contributed by atoms with Gasteiger partial charge in [-0.2, -0.15) is 0 Å². The van der Waals surface area contributed by atoms with Crippen LogP contribution in [0.15, 0.2) is 0 Å². The van der Waals surface area contributed by atoms with Gasteiger partial charge in [-0.3, -0.25) is 0 Å². The minimum atomic E-state index is -2.19. The average Bonchev–Trinajstić information content (AvgIpc) is 1.36. The number of aliphatic carboxylic acids is 2. The van der Waals surface area contributed by atoms with E-state index in [1.807, 2.05) is 0 Å². The van der Waals surface area contributed by atoms with Gasteiger partial charge < -0.3 is 19.8 Å². The van der Waals surface area contributed by atoms with Crippen LogP contribution >= 0.6 is 0 Å². The maximum absolute atomic E-state index is 8.93. The van der Waals surface area contributed by atoms with Gasteiger partial charge in [-0.15, -0.1) is 0 Å². The van der Waals surface area contributed by atoms with Crippen molar-refractivity contribution in [1.29, 1.82) is 0 Å². The normalized spacial score (nSPS) is 5.50. The fourth-order valence-electron chi connectivity index (χ4n) is 0. The molecule has 0 amide bonds. The molecule has 0 atom stereocenters. The summed E-state index contributed by atoms with van der Waals surface area (Å²) in [7, 11) is 0. The Morgan fingerprint density at radius 1 is 1.00 bits per heavy atom. The molecule has 0 unspecified atom stereocenters. The summed E-state index contributed by atoms with van der Waals surface area (Å²) in [6.45, 7) is 0. The quantitative estimate of drug-likeness (QED) is 0.320. The van der Waals surface area contributed by atoms with Crippen LogP contribution in [0, 0.1) is 36.9 Å². The summed E-state index contributed by atoms with van der Waals surface area (Å²) in [5.41, 5.74) is 0. The number of hydrogen-bond donors (Lipinski definition) is 0. The van der Waals surface area contributed by atoms with Crippen molar-refractivity contribution in [2.24, 2.45) is 0 Å². The largest absolute Gasteiger partial charge is 4.00 e. The Kier molecular flexibility index (Phi) is 15.9. The number of carbonyl (C=O) groups is 2. The summed E-state index contributed by atoms with van der Waals surface area (Å²) >= 11 is 0. The first-order valence-corrected chi connectivity index (χ1v) is 1.07. The molecule has 0 rings (SSSR count). The van der Waals surface area contributed by atoms with Crippen LogP contribution in [0.4, 0.5) is 0 Å². The second kappa shape index (κ2) is 7.97. The Balaban J connectivity index is -0.000000125. The van der Waals surface area contributed by atoms with Crippen molar-refractivity contribution >= 4 is 35.8 Å². The van der Waals surface area contributed by atoms with E-state index in [0.29, 0.717) is 0 Å². The molecular formula is C2O4SnTm+5. The Labute approximate surface area is 91.4 Å². The van der Waals surface area contributed by atoms with Gasteiger partial charge in [0.05, 0.1) is 11.9 Å². The monoisotopic (exact) mass is 377 g/mol. The third-order valence-electron chi connectivity index (χ3n) is 0.167. The molecule has 6 heteroatoms. The molecule has 44 valence electrons. The van der Waals surface area contributed by atoms with Crippen LogP contribution in [0.1, 0.15) is 0 Å². The SMILES string of the molecule is O=C([O-])C(=O)[O-].[Sn+4].[Tm+3]. The van der Waals surface area contributed by atoms with E-state index >= 15 is 0 Å². The molecule has 0 heterocycles. The van der Waals surface area contributed by atoms with Crippen molar-refractivity contribution in [2.75, 3.05) is 0 Å². The molecule has 0 aliphatic heterocycles. The van der Waals surface area contributed by atoms with Crippen LogP contribution in [0.5, 0.6) is 0 Å². The van der Waals surface area contributed by atoms with Crippen LogP contribution < -0.4 is 10.2 Å². The van der Waals surface area contributed by atoms with E-state index in [-0.39, 0.29) is 60.8 Å². The molecule has 0 bridgehead atoms. The van der Waals surface area contributed by atoms with Crippen molar-refractivity contribution in [1.82, 2.24) is 0 Å². The summed E-state index contributed by atoms with van der Waals surface area (Å²) < 4.78 is 0. The topological polar surface area (TPSA) is 80.3 Å². The van der Waals surface area contributed by atoms with Crippen LogP contribution in [-0.2, 0) is 9.59 Å². The van der Waals surface area contributed by atoms with E-state index in [0.717, 1.165) is 0 Å². The molecule has 0 aliphatic carbocycles. The Hall–Kier alpha value is 0.972. The van der Waals surface area contributed by atoms with E-state index < -0.39 is 11.9 Å². The zero-order chi connectivity index (χ0) is 5.15. The second-order valence-corrected chi connectivity index (χ2v) is 0.575. The number of hydrogen-bond acceptors (Lipinski definition) is 4. The third kappa shape index (κ3) is 10.1. The van der Waals surface area contributed by atoms with Gasteiger partial charge in [0.1, 0.15) is 0 Å². The van der Waals surface area contributed by atoms with Crippen molar-refractivity contribution in [2.45, 2.75) is 0 Å². The first-order valence-electron chi connectivity index (χ1n) is 1.07. The minimum absolute atomic E-state index is 0. The molecule has 0 aromatic heterocycles.